The summed E-state index contributed by atoms with van der Waals surface area (Å²) < 4.78 is 0. The van der Waals surface area contributed by atoms with Crippen LogP contribution in [0.2, 0.25) is 13.1 Å². The fraction of sp³-hybridized carbons (Fsp3) is 0.368. The maximum Gasteiger partial charge on any atom is 0.0333 e. The van der Waals surface area contributed by atoms with Crippen LogP contribution in [0.25, 0.3) is 0 Å². The topological polar surface area (TPSA) is 6.48 Å². The molecule has 1 heterocycles. The average molecular weight is 311 g/mol. The third-order valence-electron chi connectivity index (χ3n) is 4.95. The normalized spacial score (nSPS) is 15.0. The zero-order valence-corrected chi connectivity index (χ0v) is 15.6. The number of fused-ring (bicyclic) bond motifs is 2. The van der Waals surface area contributed by atoms with E-state index in [1.165, 1.54) is 22.5 Å². The molecule has 0 atom stereocenters. The lowest BCUT2D eigenvalue weighted by Gasteiger charge is -2.45. The SMILES string of the molecule is CN(C)c1ccc2c(c1)[Si-](C)(C)c1cc(N(C)C)ccc1C2. The molecule has 0 amide bonds. The molecule has 1 aliphatic rings. The van der Waals surface area contributed by atoms with Crippen LogP contribution in [-0.4, -0.2) is 36.3 Å². The van der Waals surface area contributed by atoms with Gasteiger partial charge in [-0.15, -0.1) is 0 Å². The van der Waals surface area contributed by atoms with Crippen molar-refractivity contribution in [1.29, 1.82) is 0 Å². The number of benzene rings is 2. The molecule has 0 spiro atoms. The minimum atomic E-state index is -1.64. The summed E-state index contributed by atoms with van der Waals surface area (Å²) in [5.41, 5.74) is 5.66. The third-order valence-corrected chi connectivity index (χ3v) is 8.57. The van der Waals surface area contributed by atoms with Gasteiger partial charge in [-0.25, -0.2) is 0 Å². The van der Waals surface area contributed by atoms with Crippen molar-refractivity contribution in [2.24, 2.45) is 0 Å². The van der Waals surface area contributed by atoms with E-state index in [1.54, 1.807) is 10.4 Å². The van der Waals surface area contributed by atoms with Gasteiger partial charge in [0.15, 0.2) is 0 Å². The maximum absolute atomic E-state index is 2.49. The molecular formula is C19H26N2Si-. The largest absolute Gasteiger partial charge is 0.378 e. The molecular weight excluding hydrogens is 284 g/mol. The number of rotatable bonds is 2. The lowest BCUT2D eigenvalue weighted by molar-refractivity contribution is 1.11. The summed E-state index contributed by atoms with van der Waals surface area (Å²) in [7, 11) is 6.85. The van der Waals surface area contributed by atoms with Crippen molar-refractivity contribution < 1.29 is 0 Å². The van der Waals surface area contributed by atoms with E-state index >= 15 is 0 Å². The predicted molar refractivity (Wildman–Crippen MR) is 101 cm³/mol. The summed E-state index contributed by atoms with van der Waals surface area (Å²) in [6.07, 6.45) is 1.07. The Kier molecular flexibility index (Phi) is 3.56. The molecule has 2 nitrogen and oxygen atoms in total. The second-order valence-corrected chi connectivity index (χ2v) is 11.6. The Morgan fingerprint density at radius 3 is 1.50 bits per heavy atom. The van der Waals surface area contributed by atoms with Crippen molar-refractivity contribution in [1.82, 2.24) is 0 Å². The standard InChI is InChI=1S/C19H26N2Si/c1-20(2)16-9-7-14-11-15-8-10-17(21(3)4)13-19(15)22(5,6)18(14)12-16/h7-10,12-13H,11H2,1-6H3/q-1. The zero-order valence-electron chi connectivity index (χ0n) is 14.6. The Morgan fingerprint density at radius 1 is 0.727 bits per heavy atom. The van der Waals surface area contributed by atoms with Gasteiger partial charge in [0.1, 0.15) is 0 Å². The van der Waals surface area contributed by atoms with Gasteiger partial charge in [0.05, 0.1) is 0 Å². The first kappa shape index (κ1) is 15.2. The highest BCUT2D eigenvalue weighted by Crippen LogP contribution is 2.25. The van der Waals surface area contributed by atoms with Gasteiger partial charge in [0.2, 0.25) is 0 Å². The van der Waals surface area contributed by atoms with Gasteiger partial charge in [0.25, 0.3) is 0 Å². The summed E-state index contributed by atoms with van der Waals surface area (Å²) in [5, 5.41) is 3.20. The summed E-state index contributed by atoms with van der Waals surface area (Å²) in [5.74, 6) is 0. The number of hydrogen-bond acceptors (Lipinski definition) is 2. The molecule has 2 aromatic carbocycles. The van der Waals surface area contributed by atoms with Gasteiger partial charge in [-0.2, -0.15) is 23.5 Å². The van der Waals surface area contributed by atoms with E-state index in [0.717, 1.165) is 6.42 Å². The molecule has 2 aromatic rings. The summed E-state index contributed by atoms with van der Waals surface area (Å²) in [6, 6.07) is 14.0. The van der Waals surface area contributed by atoms with Gasteiger partial charge < -0.3 is 9.80 Å². The molecule has 0 aromatic heterocycles. The molecule has 0 saturated heterocycles. The van der Waals surface area contributed by atoms with Gasteiger partial charge in [-0.1, -0.05) is 43.5 Å². The molecule has 0 fully saturated rings. The molecule has 22 heavy (non-hydrogen) atoms. The van der Waals surface area contributed by atoms with Crippen LogP contribution in [0, 0.1) is 0 Å². The van der Waals surface area contributed by atoms with Crippen molar-refractivity contribution in [2.75, 3.05) is 38.0 Å². The first-order valence-electron chi connectivity index (χ1n) is 7.92. The van der Waals surface area contributed by atoms with Crippen molar-refractivity contribution in [2.45, 2.75) is 19.5 Å². The lowest BCUT2D eigenvalue weighted by atomic mass is 10.0. The van der Waals surface area contributed by atoms with E-state index in [4.69, 9.17) is 0 Å². The maximum atomic E-state index is 2.49. The van der Waals surface area contributed by atoms with Crippen LogP contribution in [0.5, 0.6) is 0 Å². The van der Waals surface area contributed by atoms with E-state index in [2.05, 4.69) is 87.5 Å². The predicted octanol–water partition coefficient (Wildman–Crippen LogP) is 2.55. The van der Waals surface area contributed by atoms with E-state index in [1.807, 2.05) is 0 Å². The van der Waals surface area contributed by atoms with Crippen LogP contribution < -0.4 is 20.2 Å². The summed E-state index contributed by atoms with van der Waals surface area (Å²) >= 11 is 0. The van der Waals surface area contributed by atoms with Crippen LogP contribution in [0.4, 0.5) is 11.4 Å². The molecule has 3 heteroatoms. The van der Waals surface area contributed by atoms with Crippen LogP contribution in [0.15, 0.2) is 36.4 Å². The molecule has 0 bridgehead atoms. The fourth-order valence-electron chi connectivity index (χ4n) is 3.51. The molecule has 3 rings (SSSR count). The Bertz CT molecular complexity index is 658. The van der Waals surface area contributed by atoms with Crippen LogP contribution in [-0.2, 0) is 6.42 Å². The van der Waals surface area contributed by atoms with E-state index in [-0.39, 0.29) is 0 Å². The molecule has 0 N–H and O–H groups in total. The highest BCUT2D eigenvalue weighted by atomic mass is 28.3. The molecule has 0 saturated carbocycles. The lowest BCUT2D eigenvalue weighted by Crippen LogP contribution is -2.58. The van der Waals surface area contributed by atoms with Crippen molar-refractivity contribution in [3.8, 4) is 0 Å². The Labute approximate surface area is 135 Å². The smallest absolute Gasteiger partial charge is 0.0333 e. The first-order chi connectivity index (χ1) is 10.3. The number of hydrogen-bond donors (Lipinski definition) is 0. The molecule has 0 aliphatic carbocycles. The Balaban J connectivity index is 2.16. The monoisotopic (exact) mass is 310 g/mol. The van der Waals surface area contributed by atoms with Crippen molar-refractivity contribution in [3.63, 3.8) is 0 Å². The van der Waals surface area contributed by atoms with E-state index in [0.29, 0.717) is 0 Å². The summed E-state index contributed by atoms with van der Waals surface area (Å²) in [6.45, 7) is 4.98. The third kappa shape index (κ3) is 2.33. The quantitative estimate of drug-likeness (QED) is 0.787. The van der Waals surface area contributed by atoms with E-state index in [9.17, 15) is 0 Å². The van der Waals surface area contributed by atoms with Gasteiger partial charge in [0, 0.05) is 39.6 Å². The Morgan fingerprint density at radius 2 is 1.14 bits per heavy atom. The van der Waals surface area contributed by atoms with Crippen molar-refractivity contribution in [3.05, 3.63) is 47.5 Å². The van der Waals surface area contributed by atoms with Gasteiger partial charge in [-0.3, -0.25) is 0 Å². The number of anilines is 2. The second-order valence-electron chi connectivity index (χ2n) is 7.27. The molecule has 0 unspecified atom stereocenters. The van der Waals surface area contributed by atoms with Crippen LogP contribution in [0.1, 0.15) is 11.1 Å². The minimum absolute atomic E-state index is 1.07. The fourth-order valence-corrected chi connectivity index (χ4v) is 6.76. The minimum Gasteiger partial charge on any atom is -0.378 e. The average Bonchev–Trinajstić information content (AvgIpc) is 2.46. The van der Waals surface area contributed by atoms with Crippen molar-refractivity contribution >= 4 is 29.8 Å². The number of nitrogens with zero attached hydrogens (tertiary/aromatic N) is 2. The second kappa shape index (κ2) is 5.16. The van der Waals surface area contributed by atoms with Gasteiger partial charge in [-0.05, 0) is 18.6 Å². The molecule has 117 valence electrons. The first-order valence-corrected chi connectivity index (χ1v) is 10.9. The van der Waals surface area contributed by atoms with Gasteiger partial charge >= 0.3 is 0 Å². The van der Waals surface area contributed by atoms with Crippen LogP contribution in [0.3, 0.4) is 0 Å². The highest BCUT2D eigenvalue weighted by molar-refractivity contribution is 7.01. The molecule has 1 aliphatic heterocycles. The zero-order chi connectivity index (χ0) is 16.1. The molecule has 0 radical (unpaired) electrons. The van der Waals surface area contributed by atoms with Crippen LogP contribution >= 0.6 is 0 Å². The van der Waals surface area contributed by atoms with E-state index < -0.39 is 8.07 Å². The highest BCUT2D eigenvalue weighted by Gasteiger charge is 2.24. The Hall–Kier alpha value is -1.74. The summed E-state index contributed by atoms with van der Waals surface area (Å²) in [4.78, 5) is 4.41.